The van der Waals surface area contributed by atoms with Gasteiger partial charge in [-0.05, 0) is 63.9 Å². The average Bonchev–Trinajstić information content (AvgIpc) is 3.30. The first-order valence-electron chi connectivity index (χ1n) is 12.9. The quantitative estimate of drug-likeness (QED) is 0.424. The van der Waals surface area contributed by atoms with Gasteiger partial charge in [-0.1, -0.05) is 36.4 Å². The summed E-state index contributed by atoms with van der Waals surface area (Å²) in [6.45, 7) is 5.50. The van der Waals surface area contributed by atoms with Gasteiger partial charge in [0.15, 0.2) is 11.6 Å². The van der Waals surface area contributed by atoms with Gasteiger partial charge in [0.25, 0.3) is 0 Å². The lowest BCUT2D eigenvalue weighted by Crippen LogP contribution is -2.39. The van der Waals surface area contributed by atoms with Gasteiger partial charge in [-0.25, -0.2) is 9.67 Å². The molecule has 0 aliphatic carbocycles. The third-order valence-corrected chi connectivity index (χ3v) is 6.72. The highest BCUT2D eigenvalue weighted by Gasteiger charge is 2.40. The number of piperidine rings is 1. The van der Waals surface area contributed by atoms with Crippen molar-refractivity contribution in [1.82, 2.24) is 25.0 Å². The van der Waals surface area contributed by atoms with Crippen molar-refractivity contribution in [3.8, 4) is 28.5 Å². The van der Waals surface area contributed by atoms with Crippen LogP contribution in [0.2, 0.25) is 0 Å². The molecule has 7 nitrogen and oxygen atoms in total. The zero-order valence-corrected chi connectivity index (χ0v) is 22.0. The van der Waals surface area contributed by atoms with Crippen LogP contribution in [0.25, 0.3) is 22.8 Å². The lowest BCUT2D eigenvalue weighted by molar-refractivity contribution is -0.185. The third kappa shape index (κ3) is 7.12. The van der Waals surface area contributed by atoms with E-state index in [0.717, 1.165) is 29.7 Å². The van der Waals surface area contributed by atoms with E-state index in [1.165, 1.54) is 0 Å². The number of nitrogens with zero attached hydrogens (tertiary/aromatic N) is 4. The van der Waals surface area contributed by atoms with Crippen LogP contribution in [-0.2, 0) is 17.8 Å². The molecule has 3 aromatic rings. The van der Waals surface area contributed by atoms with Gasteiger partial charge < -0.3 is 15.0 Å². The van der Waals surface area contributed by atoms with Crippen LogP contribution in [0, 0.1) is 5.92 Å². The molecular weight excluding hydrogens is 495 g/mol. The van der Waals surface area contributed by atoms with Crippen LogP contribution in [0.15, 0.2) is 48.5 Å². The Labute approximate surface area is 221 Å². The molecule has 10 heteroatoms. The topological polar surface area (TPSA) is 72.3 Å². The number of carbonyl (C=O) groups is 1. The minimum absolute atomic E-state index is 0.00862. The molecule has 1 aliphatic rings. The van der Waals surface area contributed by atoms with Gasteiger partial charge in [-0.2, -0.15) is 13.2 Å². The van der Waals surface area contributed by atoms with E-state index < -0.39 is 12.1 Å². The first-order chi connectivity index (χ1) is 18.1. The molecule has 1 N–H and O–H groups in total. The second-order valence-electron chi connectivity index (χ2n) is 9.98. The predicted molar refractivity (Wildman–Crippen MR) is 140 cm³/mol. The molecule has 1 aromatic heterocycles. The number of nitrogens with one attached hydrogen (secondary N) is 1. The van der Waals surface area contributed by atoms with Crippen molar-refractivity contribution >= 4 is 5.91 Å². The SMILES string of the molecule is COc1cccc(-c2nc(-c3ccc(CCN4CCC(C(F)(F)F)CC4)cc3)nn2CC(=O)NC(C)C)c1. The number of rotatable bonds is 9. The van der Waals surface area contributed by atoms with Gasteiger partial charge in [-0.15, -0.1) is 5.10 Å². The van der Waals surface area contributed by atoms with Crippen LogP contribution >= 0.6 is 0 Å². The van der Waals surface area contributed by atoms with Crippen molar-refractivity contribution in [2.45, 2.75) is 51.9 Å². The Morgan fingerprint density at radius 2 is 1.82 bits per heavy atom. The molecule has 2 aromatic carbocycles. The average molecular weight is 530 g/mol. The van der Waals surface area contributed by atoms with E-state index in [4.69, 9.17) is 9.72 Å². The third-order valence-electron chi connectivity index (χ3n) is 6.72. The molecule has 204 valence electrons. The van der Waals surface area contributed by atoms with Crippen LogP contribution < -0.4 is 10.1 Å². The van der Waals surface area contributed by atoms with Crippen molar-refractivity contribution in [2.24, 2.45) is 5.92 Å². The van der Waals surface area contributed by atoms with Gasteiger partial charge in [0.05, 0.1) is 13.0 Å². The summed E-state index contributed by atoms with van der Waals surface area (Å²) in [6.07, 6.45) is -3.00. The Hall–Kier alpha value is -3.40. The second kappa shape index (κ2) is 12.0. The Kier molecular flexibility index (Phi) is 8.71. The molecule has 0 bridgehead atoms. The number of halogens is 3. The molecule has 0 spiro atoms. The summed E-state index contributed by atoms with van der Waals surface area (Å²) in [5.41, 5.74) is 2.69. The summed E-state index contributed by atoms with van der Waals surface area (Å²) in [7, 11) is 1.59. The van der Waals surface area contributed by atoms with Crippen molar-refractivity contribution in [3.05, 3.63) is 54.1 Å². The minimum Gasteiger partial charge on any atom is -0.497 e. The summed E-state index contributed by atoms with van der Waals surface area (Å²) in [5.74, 6) is 0.404. The number of carbonyl (C=O) groups excluding carboxylic acids is 1. The smallest absolute Gasteiger partial charge is 0.391 e. The molecule has 0 saturated carbocycles. The number of ether oxygens (including phenoxy) is 1. The summed E-state index contributed by atoms with van der Waals surface area (Å²) in [6, 6.07) is 15.3. The maximum absolute atomic E-state index is 12.9. The first kappa shape index (κ1) is 27.6. The highest BCUT2D eigenvalue weighted by atomic mass is 19.4. The molecule has 1 saturated heterocycles. The minimum atomic E-state index is -4.09. The van der Waals surface area contributed by atoms with E-state index in [0.29, 0.717) is 30.5 Å². The molecule has 0 radical (unpaired) electrons. The standard InChI is InChI=1S/C28H34F3N5O2/c1-19(2)32-25(37)18-36-27(22-5-4-6-24(17-22)38-3)33-26(34-36)21-9-7-20(8-10-21)11-14-35-15-12-23(13-16-35)28(29,30)31/h4-10,17,19,23H,11-16,18H2,1-3H3,(H,32,37). The molecular formula is C28H34F3N5O2. The molecule has 38 heavy (non-hydrogen) atoms. The number of benzene rings is 2. The number of alkyl halides is 3. The molecule has 1 aliphatic heterocycles. The molecule has 0 unspecified atom stereocenters. The van der Waals surface area contributed by atoms with E-state index >= 15 is 0 Å². The molecule has 1 amide bonds. The van der Waals surface area contributed by atoms with Crippen molar-refractivity contribution in [3.63, 3.8) is 0 Å². The van der Waals surface area contributed by atoms with E-state index in [1.807, 2.05) is 62.4 Å². The lowest BCUT2D eigenvalue weighted by Gasteiger charge is -2.32. The highest BCUT2D eigenvalue weighted by Crippen LogP contribution is 2.34. The largest absolute Gasteiger partial charge is 0.497 e. The van der Waals surface area contributed by atoms with Gasteiger partial charge in [0, 0.05) is 23.7 Å². The maximum Gasteiger partial charge on any atom is 0.391 e. The molecule has 1 fully saturated rings. The summed E-state index contributed by atoms with van der Waals surface area (Å²) in [5, 5.41) is 7.53. The Morgan fingerprint density at radius 3 is 2.45 bits per heavy atom. The van der Waals surface area contributed by atoms with E-state index in [1.54, 1.807) is 11.8 Å². The summed E-state index contributed by atoms with van der Waals surface area (Å²) in [4.78, 5) is 19.4. The Morgan fingerprint density at radius 1 is 1.11 bits per heavy atom. The first-order valence-corrected chi connectivity index (χ1v) is 12.9. The van der Waals surface area contributed by atoms with Crippen LogP contribution in [0.3, 0.4) is 0 Å². The number of methoxy groups -OCH3 is 1. The van der Waals surface area contributed by atoms with Crippen LogP contribution in [0.1, 0.15) is 32.3 Å². The van der Waals surface area contributed by atoms with Crippen LogP contribution in [0.4, 0.5) is 13.2 Å². The lowest BCUT2D eigenvalue weighted by atomic mass is 9.96. The monoisotopic (exact) mass is 529 g/mol. The van der Waals surface area contributed by atoms with E-state index in [-0.39, 0.29) is 31.3 Å². The zero-order chi connectivity index (χ0) is 27.3. The number of aromatic nitrogens is 3. The number of hydrogen-bond donors (Lipinski definition) is 1. The fourth-order valence-corrected chi connectivity index (χ4v) is 4.65. The second-order valence-corrected chi connectivity index (χ2v) is 9.98. The van der Waals surface area contributed by atoms with E-state index in [2.05, 4.69) is 15.3 Å². The van der Waals surface area contributed by atoms with Crippen LogP contribution in [0.5, 0.6) is 5.75 Å². The van der Waals surface area contributed by atoms with Crippen molar-refractivity contribution in [1.29, 1.82) is 0 Å². The van der Waals surface area contributed by atoms with Gasteiger partial charge >= 0.3 is 6.18 Å². The van der Waals surface area contributed by atoms with Gasteiger partial charge in [0.2, 0.25) is 5.91 Å². The fourth-order valence-electron chi connectivity index (χ4n) is 4.65. The van der Waals surface area contributed by atoms with Gasteiger partial charge in [-0.3, -0.25) is 4.79 Å². The maximum atomic E-state index is 12.9. The molecule has 2 heterocycles. The molecule has 4 rings (SSSR count). The number of likely N-dealkylation sites (tertiary alicyclic amines) is 1. The van der Waals surface area contributed by atoms with Crippen LogP contribution in [-0.4, -0.2) is 64.5 Å². The highest BCUT2D eigenvalue weighted by molar-refractivity contribution is 5.77. The van der Waals surface area contributed by atoms with E-state index in [9.17, 15) is 18.0 Å². The zero-order valence-electron chi connectivity index (χ0n) is 22.0. The predicted octanol–water partition coefficient (Wildman–Crippen LogP) is 4.96. The Balaban J connectivity index is 1.46. The normalized spacial score (nSPS) is 15.1. The van der Waals surface area contributed by atoms with Crippen molar-refractivity contribution in [2.75, 3.05) is 26.7 Å². The van der Waals surface area contributed by atoms with Gasteiger partial charge in [0.1, 0.15) is 12.3 Å². The summed E-state index contributed by atoms with van der Waals surface area (Å²) >= 11 is 0. The number of amides is 1. The van der Waals surface area contributed by atoms with Crippen molar-refractivity contribution < 1.29 is 22.7 Å². The number of hydrogen-bond acceptors (Lipinski definition) is 5. The fraction of sp³-hybridized carbons (Fsp3) is 0.464. The molecule has 0 atom stereocenters. The Bertz CT molecular complexity index is 1220. The summed E-state index contributed by atoms with van der Waals surface area (Å²) < 4.78 is 45.7.